The molecule has 1 aliphatic rings. The Balaban J connectivity index is 2.52. The van der Waals surface area contributed by atoms with Crippen LogP contribution >= 0.6 is 0 Å². The molecule has 1 fully saturated rings. The normalized spacial score (nSPS) is 20.9. The van der Waals surface area contributed by atoms with Gasteiger partial charge in [0.15, 0.2) is 5.82 Å². The second kappa shape index (κ2) is 5.15. The Morgan fingerprint density at radius 3 is 2.63 bits per heavy atom. The maximum Gasteiger partial charge on any atom is 0.246 e. The van der Waals surface area contributed by atoms with Crippen molar-refractivity contribution < 1.29 is 17.2 Å². The van der Waals surface area contributed by atoms with Crippen molar-refractivity contribution in [1.82, 2.24) is 4.31 Å². The van der Waals surface area contributed by atoms with Crippen molar-refractivity contribution in [2.45, 2.75) is 37.2 Å². The van der Waals surface area contributed by atoms with Gasteiger partial charge in [-0.2, -0.15) is 4.31 Å². The first kappa shape index (κ1) is 14.4. The van der Waals surface area contributed by atoms with Gasteiger partial charge in [0.05, 0.1) is 0 Å². The number of rotatable bonds is 3. The Bertz CT molecular complexity index is 590. The predicted octanol–water partition coefficient (Wildman–Crippen LogP) is 1.60. The third kappa shape index (κ3) is 2.37. The fraction of sp³-hybridized carbons (Fsp3) is 0.500. The Morgan fingerprint density at radius 1 is 1.42 bits per heavy atom. The first-order valence-electron chi connectivity index (χ1n) is 6.08. The van der Waals surface area contributed by atoms with Crippen LogP contribution < -0.4 is 5.73 Å². The van der Waals surface area contributed by atoms with Gasteiger partial charge in [0, 0.05) is 24.7 Å². The van der Waals surface area contributed by atoms with Crippen molar-refractivity contribution in [2.24, 2.45) is 5.73 Å². The zero-order valence-corrected chi connectivity index (χ0v) is 11.4. The first-order valence-corrected chi connectivity index (χ1v) is 7.52. The summed E-state index contributed by atoms with van der Waals surface area (Å²) in [6.45, 7) is 1.75. The number of nitrogens with zero attached hydrogens (tertiary/aromatic N) is 1. The number of hydrogen-bond acceptors (Lipinski definition) is 3. The van der Waals surface area contributed by atoms with Crippen LogP contribution in [0.25, 0.3) is 0 Å². The van der Waals surface area contributed by atoms with Crippen LogP contribution in [-0.4, -0.2) is 25.3 Å². The van der Waals surface area contributed by atoms with Crippen molar-refractivity contribution in [2.75, 3.05) is 6.54 Å². The molecule has 2 rings (SSSR count). The quantitative estimate of drug-likeness (QED) is 0.919. The van der Waals surface area contributed by atoms with Crippen LogP contribution in [0.4, 0.5) is 8.78 Å². The SMILES string of the molecule is CC1CCCN1S(=O)(=O)c1ccc(F)c(CN)c1F. The van der Waals surface area contributed by atoms with E-state index in [4.69, 9.17) is 5.73 Å². The Labute approximate surface area is 111 Å². The molecule has 1 atom stereocenters. The average molecular weight is 290 g/mol. The lowest BCUT2D eigenvalue weighted by Gasteiger charge is -2.21. The summed E-state index contributed by atoms with van der Waals surface area (Å²) in [7, 11) is -3.93. The minimum atomic E-state index is -3.93. The predicted molar refractivity (Wildman–Crippen MR) is 66.8 cm³/mol. The molecule has 0 aliphatic carbocycles. The first-order chi connectivity index (χ1) is 8.89. The average Bonchev–Trinajstić information content (AvgIpc) is 2.76. The van der Waals surface area contributed by atoms with Crippen molar-refractivity contribution >= 4 is 10.0 Å². The van der Waals surface area contributed by atoms with E-state index in [1.807, 2.05) is 0 Å². The minimum Gasteiger partial charge on any atom is -0.326 e. The standard InChI is InChI=1S/C12H16F2N2O2S/c1-8-3-2-6-16(8)19(17,18)11-5-4-10(13)9(7-15)12(11)14/h4-5,8H,2-3,6-7,15H2,1H3. The van der Waals surface area contributed by atoms with Crippen molar-refractivity contribution in [3.63, 3.8) is 0 Å². The van der Waals surface area contributed by atoms with Crippen LogP contribution in [-0.2, 0) is 16.6 Å². The number of sulfonamides is 1. The third-order valence-corrected chi connectivity index (χ3v) is 5.46. The number of hydrogen-bond donors (Lipinski definition) is 1. The van der Waals surface area contributed by atoms with Crippen LogP contribution in [0.15, 0.2) is 17.0 Å². The Kier molecular flexibility index (Phi) is 3.89. The Morgan fingerprint density at radius 2 is 2.11 bits per heavy atom. The maximum atomic E-state index is 14.1. The van der Waals surface area contributed by atoms with Crippen LogP contribution in [0.2, 0.25) is 0 Å². The lowest BCUT2D eigenvalue weighted by Crippen LogP contribution is -2.34. The highest BCUT2D eigenvalue weighted by molar-refractivity contribution is 7.89. The highest BCUT2D eigenvalue weighted by Gasteiger charge is 2.35. The molecule has 106 valence electrons. The molecule has 1 aromatic rings. The number of nitrogens with two attached hydrogens (primary N) is 1. The van der Waals surface area contributed by atoms with Crippen LogP contribution in [0.5, 0.6) is 0 Å². The molecule has 1 unspecified atom stereocenters. The maximum absolute atomic E-state index is 14.1. The van der Waals surface area contributed by atoms with E-state index in [-0.39, 0.29) is 12.6 Å². The molecule has 1 saturated heterocycles. The van der Waals surface area contributed by atoms with E-state index < -0.39 is 32.1 Å². The second-order valence-corrected chi connectivity index (χ2v) is 6.51. The van der Waals surface area contributed by atoms with Gasteiger partial charge >= 0.3 is 0 Å². The minimum absolute atomic E-state index is 0.171. The van der Waals surface area contributed by atoms with E-state index in [2.05, 4.69) is 0 Å². The molecule has 1 aromatic carbocycles. The largest absolute Gasteiger partial charge is 0.326 e. The lowest BCUT2D eigenvalue weighted by atomic mass is 10.2. The second-order valence-electron chi connectivity index (χ2n) is 4.65. The summed E-state index contributed by atoms with van der Waals surface area (Å²) < 4.78 is 53.4. The zero-order chi connectivity index (χ0) is 14.2. The molecular formula is C12H16F2N2O2S. The van der Waals surface area contributed by atoms with E-state index in [0.717, 1.165) is 25.0 Å². The van der Waals surface area contributed by atoms with Crippen molar-refractivity contribution in [1.29, 1.82) is 0 Å². The molecule has 0 amide bonds. The van der Waals surface area contributed by atoms with Gasteiger partial charge in [-0.3, -0.25) is 0 Å². The number of benzene rings is 1. The summed E-state index contributed by atoms with van der Waals surface area (Å²) in [6, 6.07) is 1.74. The topological polar surface area (TPSA) is 63.4 Å². The van der Waals surface area contributed by atoms with E-state index in [0.29, 0.717) is 6.54 Å². The highest BCUT2D eigenvalue weighted by Crippen LogP contribution is 2.29. The molecule has 19 heavy (non-hydrogen) atoms. The van der Waals surface area contributed by atoms with Crippen molar-refractivity contribution in [3.8, 4) is 0 Å². The van der Waals surface area contributed by atoms with Gasteiger partial charge in [0.1, 0.15) is 10.7 Å². The van der Waals surface area contributed by atoms with Gasteiger partial charge in [-0.25, -0.2) is 17.2 Å². The molecule has 0 bridgehead atoms. The zero-order valence-electron chi connectivity index (χ0n) is 10.6. The fourth-order valence-electron chi connectivity index (χ4n) is 2.35. The molecule has 0 aromatic heterocycles. The van der Waals surface area contributed by atoms with Gasteiger partial charge in [0.25, 0.3) is 0 Å². The van der Waals surface area contributed by atoms with E-state index in [1.165, 1.54) is 4.31 Å². The molecule has 1 heterocycles. The molecule has 4 nitrogen and oxygen atoms in total. The highest BCUT2D eigenvalue weighted by atomic mass is 32.2. The summed E-state index contributed by atoms with van der Waals surface area (Å²) in [5.74, 6) is -1.91. The Hall–Kier alpha value is -1.05. The molecule has 7 heteroatoms. The summed E-state index contributed by atoms with van der Waals surface area (Å²) in [6.07, 6.45) is 1.48. The molecule has 0 saturated carbocycles. The van der Waals surface area contributed by atoms with Crippen LogP contribution in [0.1, 0.15) is 25.3 Å². The molecule has 0 radical (unpaired) electrons. The summed E-state index contributed by atoms with van der Waals surface area (Å²) >= 11 is 0. The van der Waals surface area contributed by atoms with Gasteiger partial charge in [-0.1, -0.05) is 0 Å². The molecule has 0 spiro atoms. The van der Waals surface area contributed by atoms with Gasteiger partial charge < -0.3 is 5.73 Å². The van der Waals surface area contributed by atoms with Gasteiger partial charge in [-0.15, -0.1) is 0 Å². The number of halogens is 2. The van der Waals surface area contributed by atoms with E-state index in [9.17, 15) is 17.2 Å². The molecule has 1 aliphatic heterocycles. The van der Waals surface area contributed by atoms with Crippen LogP contribution in [0, 0.1) is 11.6 Å². The van der Waals surface area contributed by atoms with Crippen LogP contribution in [0.3, 0.4) is 0 Å². The summed E-state index contributed by atoms with van der Waals surface area (Å²) in [4.78, 5) is -0.497. The van der Waals surface area contributed by atoms with E-state index in [1.54, 1.807) is 6.92 Å². The summed E-state index contributed by atoms with van der Waals surface area (Å²) in [5, 5.41) is 0. The lowest BCUT2D eigenvalue weighted by molar-refractivity contribution is 0.404. The monoisotopic (exact) mass is 290 g/mol. The fourth-order valence-corrected chi connectivity index (χ4v) is 4.14. The van der Waals surface area contributed by atoms with E-state index >= 15 is 0 Å². The smallest absolute Gasteiger partial charge is 0.246 e. The molecule has 2 N–H and O–H groups in total. The third-order valence-electron chi connectivity index (χ3n) is 3.43. The molecular weight excluding hydrogens is 274 g/mol. The summed E-state index contributed by atoms with van der Waals surface area (Å²) in [5.41, 5.74) is 4.86. The van der Waals surface area contributed by atoms with Crippen molar-refractivity contribution in [3.05, 3.63) is 29.3 Å². The van der Waals surface area contributed by atoms with Gasteiger partial charge in [0.2, 0.25) is 10.0 Å². The van der Waals surface area contributed by atoms with Gasteiger partial charge in [-0.05, 0) is 31.9 Å².